The van der Waals surface area contributed by atoms with Gasteiger partial charge >= 0.3 is 5.97 Å². The lowest BCUT2D eigenvalue weighted by Crippen LogP contribution is -1.99. The van der Waals surface area contributed by atoms with E-state index in [1.54, 1.807) is 11.7 Å². The molecule has 0 bridgehead atoms. The quantitative estimate of drug-likeness (QED) is 0.784. The maximum Gasteiger partial charge on any atom is 0.339 e. The third-order valence-corrected chi connectivity index (χ3v) is 4.24. The molecule has 0 amide bonds. The van der Waals surface area contributed by atoms with Crippen LogP contribution in [0.4, 0.5) is 0 Å². The Kier molecular flexibility index (Phi) is 2.80. The molecule has 96 valence electrons. The van der Waals surface area contributed by atoms with Gasteiger partial charge in [0, 0.05) is 16.8 Å². The zero-order valence-corrected chi connectivity index (χ0v) is 11.5. The molecule has 0 spiro atoms. The first-order valence-corrected chi connectivity index (χ1v) is 6.70. The second kappa shape index (κ2) is 4.36. The molecule has 0 saturated carbocycles. The number of carboxylic acids is 1. The van der Waals surface area contributed by atoms with Crippen molar-refractivity contribution in [1.29, 1.82) is 0 Å². The molecular weight excluding hydrogens is 284 g/mol. The molecule has 0 aliphatic rings. The van der Waals surface area contributed by atoms with Crippen LogP contribution in [0.2, 0.25) is 5.02 Å². The van der Waals surface area contributed by atoms with Crippen molar-refractivity contribution in [2.45, 2.75) is 0 Å². The van der Waals surface area contributed by atoms with Gasteiger partial charge in [-0.3, -0.25) is 4.68 Å². The summed E-state index contributed by atoms with van der Waals surface area (Å²) in [5.41, 5.74) is 0.824. The average molecular weight is 293 g/mol. The second-order valence-corrected chi connectivity index (χ2v) is 5.65. The number of thiophene rings is 1. The molecule has 0 fully saturated rings. The van der Waals surface area contributed by atoms with Crippen LogP contribution in [0.25, 0.3) is 20.7 Å². The van der Waals surface area contributed by atoms with Crippen LogP contribution in [0, 0.1) is 0 Å². The largest absolute Gasteiger partial charge is 0.478 e. The molecule has 1 aromatic carbocycles. The number of aryl methyl sites for hydroxylation is 1. The summed E-state index contributed by atoms with van der Waals surface area (Å²) in [6.07, 6.45) is 1.37. The maximum absolute atomic E-state index is 11.2. The third-order valence-electron chi connectivity index (χ3n) is 2.88. The highest BCUT2D eigenvalue weighted by Crippen LogP contribution is 2.36. The van der Waals surface area contributed by atoms with Crippen molar-refractivity contribution in [3.05, 3.63) is 41.0 Å². The summed E-state index contributed by atoms with van der Waals surface area (Å²) >= 11 is 7.49. The minimum Gasteiger partial charge on any atom is -0.478 e. The van der Waals surface area contributed by atoms with Crippen LogP contribution in [-0.4, -0.2) is 20.9 Å². The van der Waals surface area contributed by atoms with Crippen molar-refractivity contribution in [2.75, 3.05) is 0 Å². The monoisotopic (exact) mass is 292 g/mol. The van der Waals surface area contributed by atoms with E-state index in [-0.39, 0.29) is 5.56 Å². The van der Waals surface area contributed by atoms with Crippen molar-refractivity contribution in [1.82, 2.24) is 9.78 Å². The number of benzene rings is 1. The first-order valence-electron chi connectivity index (χ1n) is 5.51. The van der Waals surface area contributed by atoms with E-state index in [1.807, 2.05) is 24.3 Å². The number of hydrogen-bond donors (Lipinski definition) is 1. The van der Waals surface area contributed by atoms with Gasteiger partial charge in [-0.25, -0.2) is 4.79 Å². The van der Waals surface area contributed by atoms with Crippen molar-refractivity contribution in [3.8, 4) is 10.6 Å². The van der Waals surface area contributed by atoms with E-state index in [0.717, 1.165) is 15.0 Å². The summed E-state index contributed by atoms with van der Waals surface area (Å²) in [6, 6.07) is 7.57. The predicted octanol–water partition coefficient (Wildman–Crippen LogP) is 3.65. The van der Waals surface area contributed by atoms with Gasteiger partial charge in [0.25, 0.3) is 0 Å². The SMILES string of the molecule is Cn1ncc(C(=O)O)c1-c1cc2cc(Cl)ccc2s1. The van der Waals surface area contributed by atoms with E-state index in [1.165, 1.54) is 17.5 Å². The number of carbonyl (C=O) groups is 1. The number of rotatable bonds is 2. The van der Waals surface area contributed by atoms with E-state index in [2.05, 4.69) is 5.10 Å². The van der Waals surface area contributed by atoms with Crippen LogP contribution >= 0.6 is 22.9 Å². The molecule has 0 saturated heterocycles. The number of fused-ring (bicyclic) bond motifs is 1. The van der Waals surface area contributed by atoms with Gasteiger partial charge in [-0.1, -0.05) is 11.6 Å². The topological polar surface area (TPSA) is 55.1 Å². The van der Waals surface area contributed by atoms with Crippen molar-refractivity contribution < 1.29 is 9.90 Å². The highest BCUT2D eigenvalue weighted by atomic mass is 35.5. The molecule has 3 rings (SSSR count). The number of nitrogens with zero attached hydrogens (tertiary/aromatic N) is 2. The first-order chi connectivity index (χ1) is 9.06. The predicted molar refractivity (Wildman–Crippen MR) is 76.0 cm³/mol. The summed E-state index contributed by atoms with van der Waals surface area (Å²) in [5.74, 6) is -0.974. The van der Waals surface area contributed by atoms with Gasteiger partial charge in [-0.15, -0.1) is 11.3 Å². The van der Waals surface area contributed by atoms with Crippen LogP contribution < -0.4 is 0 Å². The van der Waals surface area contributed by atoms with Crippen molar-refractivity contribution in [2.24, 2.45) is 7.05 Å². The Morgan fingerprint density at radius 2 is 2.21 bits per heavy atom. The Morgan fingerprint density at radius 1 is 1.42 bits per heavy atom. The molecule has 2 heterocycles. The molecular formula is C13H9ClN2O2S. The van der Waals surface area contributed by atoms with Gasteiger partial charge in [0.1, 0.15) is 5.56 Å². The lowest BCUT2D eigenvalue weighted by Gasteiger charge is -1.99. The van der Waals surface area contributed by atoms with Crippen LogP contribution in [0.1, 0.15) is 10.4 Å². The summed E-state index contributed by atoms with van der Waals surface area (Å²) < 4.78 is 2.65. The summed E-state index contributed by atoms with van der Waals surface area (Å²) in [4.78, 5) is 12.1. The molecule has 2 aromatic heterocycles. The fourth-order valence-corrected chi connectivity index (χ4v) is 3.33. The van der Waals surface area contributed by atoms with Crippen LogP contribution in [-0.2, 0) is 7.05 Å². The van der Waals surface area contributed by atoms with E-state index >= 15 is 0 Å². The lowest BCUT2D eigenvalue weighted by molar-refractivity contribution is 0.0697. The molecule has 0 aliphatic carbocycles. The van der Waals surface area contributed by atoms with Gasteiger partial charge in [0.05, 0.1) is 16.8 Å². The fraction of sp³-hybridized carbons (Fsp3) is 0.0769. The number of hydrogen-bond acceptors (Lipinski definition) is 3. The van der Waals surface area contributed by atoms with E-state index < -0.39 is 5.97 Å². The standard InChI is InChI=1S/C13H9ClN2O2S/c1-16-12(9(6-15-16)13(17)18)11-5-7-4-8(14)2-3-10(7)19-11/h2-6H,1H3,(H,17,18). The maximum atomic E-state index is 11.2. The Bertz CT molecular complexity index is 791. The number of aromatic nitrogens is 2. The van der Waals surface area contributed by atoms with Gasteiger partial charge in [0.2, 0.25) is 0 Å². The third kappa shape index (κ3) is 2.01. The Labute approximate surface area is 117 Å². The zero-order valence-electron chi connectivity index (χ0n) is 9.92. The van der Waals surface area contributed by atoms with Crippen LogP contribution in [0.5, 0.6) is 0 Å². The van der Waals surface area contributed by atoms with E-state index in [0.29, 0.717) is 10.7 Å². The summed E-state index contributed by atoms with van der Waals surface area (Å²) in [7, 11) is 1.74. The van der Waals surface area contributed by atoms with Gasteiger partial charge < -0.3 is 5.11 Å². The number of aromatic carboxylic acids is 1. The molecule has 0 unspecified atom stereocenters. The second-order valence-electron chi connectivity index (χ2n) is 4.13. The Morgan fingerprint density at radius 3 is 2.95 bits per heavy atom. The smallest absolute Gasteiger partial charge is 0.339 e. The molecule has 6 heteroatoms. The van der Waals surface area contributed by atoms with E-state index in [4.69, 9.17) is 11.6 Å². The molecule has 0 atom stereocenters. The van der Waals surface area contributed by atoms with Crippen LogP contribution in [0.3, 0.4) is 0 Å². The van der Waals surface area contributed by atoms with Crippen molar-refractivity contribution in [3.63, 3.8) is 0 Å². The molecule has 3 aromatic rings. The first kappa shape index (κ1) is 12.2. The minimum absolute atomic E-state index is 0.208. The fourth-order valence-electron chi connectivity index (χ4n) is 2.02. The molecule has 1 N–H and O–H groups in total. The van der Waals surface area contributed by atoms with E-state index in [9.17, 15) is 9.90 Å². The highest BCUT2D eigenvalue weighted by molar-refractivity contribution is 7.22. The lowest BCUT2D eigenvalue weighted by atomic mass is 10.2. The Hall–Kier alpha value is -1.85. The molecule has 0 radical (unpaired) electrons. The molecule has 4 nitrogen and oxygen atoms in total. The van der Waals surface area contributed by atoms with Gasteiger partial charge in [-0.05, 0) is 29.7 Å². The summed E-state index contributed by atoms with van der Waals surface area (Å²) in [6.45, 7) is 0. The minimum atomic E-state index is -0.974. The summed E-state index contributed by atoms with van der Waals surface area (Å²) in [5, 5.41) is 14.9. The number of halogens is 1. The molecule has 0 aliphatic heterocycles. The average Bonchev–Trinajstić information content (AvgIpc) is 2.91. The molecule has 19 heavy (non-hydrogen) atoms. The van der Waals surface area contributed by atoms with Gasteiger partial charge in [-0.2, -0.15) is 5.10 Å². The van der Waals surface area contributed by atoms with Crippen LogP contribution in [0.15, 0.2) is 30.5 Å². The highest BCUT2D eigenvalue weighted by Gasteiger charge is 2.18. The Balaban J connectivity index is 2.24. The van der Waals surface area contributed by atoms with Crippen molar-refractivity contribution >= 4 is 39.0 Å². The van der Waals surface area contributed by atoms with Gasteiger partial charge in [0.15, 0.2) is 0 Å². The number of carboxylic acid groups (broad SMARTS) is 1. The zero-order chi connectivity index (χ0) is 13.6. The normalized spacial score (nSPS) is 11.1.